The highest BCUT2D eigenvalue weighted by molar-refractivity contribution is 5.80. The van der Waals surface area contributed by atoms with Gasteiger partial charge in [-0.3, -0.25) is 0 Å². The highest BCUT2D eigenvalue weighted by Gasteiger charge is 1.99. The van der Waals surface area contributed by atoms with Gasteiger partial charge in [-0.05, 0) is 60.5 Å². The number of halogens is 1. The molecule has 0 bridgehead atoms. The molecule has 0 aliphatic heterocycles. The Balaban J connectivity index is 1.56. The van der Waals surface area contributed by atoms with Gasteiger partial charge in [0.2, 0.25) is 0 Å². The lowest BCUT2D eigenvalue weighted by Crippen LogP contribution is -2.16. The third-order valence-electron chi connectivity index (χ3n) is 3.58. The number of hydrogen-bond donors (Lipinski definition) is 2. The Labute approximate surface area is 129 Å². The highest BCUT2D eigenvalue weighted by Crippen LogP contribution is 2.15. The van der Waals surface area contributed by atoms with Crippen molar-refractivity contribution < 1.29 is 4.39 Å². The third-order valence-corrected chi connectivity index (χ3v) is 3.58. The molecule has 4 heteroatoms. The van der Waals surface area contributed by atoms with Crippen molar-refractivity contribution in [3.05, 3.63) is 71.5 Å². The lowest BCUT2D eigenvalue weighted by atomic mass is 10.1. The fraction of sp³-hybridized carbons (Fsp3) is 0.167. The number of rotatable bonds is 5. The Kier molecular flexibility index (Phi) is 4.30. The second-order valence-electron chi connectivity index (χ2n) is 5.32. The number of benzene rings is 2. The molecule has 3 aromatic rings. The smallest absolute Gasteiger partial charge is 0.124 e. The molecule has 22 heavy (non-hydrogen) atoms. The minimum atomic E-state index is -0.182. The van der Waals surface area contributed by atoms with Gasteiger partial charge in [0.05, 0.1) is 5.52 Å². The first-order valence-corrected chi connectivity index (χ1v) is 7.31. The van der Waals surface area contributed by atoms with Gasteiger partial charge >= 0.3 is 0 Å². The molecule has 2 aromatic carbocycles. The predicted molar refractivity (Wildman–Crippen MR) is 88.0 cm³/mol. The average Bonchev–Trinajstić information content (AvgIpc) is 2.52. The lowest BCUT2D eigenvalue weighted by Gasteiger charge is -2.07. The van der Waals surface area contributed by atoms with E-state index in [4.69, 9.17) is 5.73 Å². The zero-order chi connectivity index (χ0) is 15.4. The van der Waals surface area contributed by atoms with Crippen molar-refractivity contribution in [2.75, 3.05) is 12.3 Å². The van der Waals surface area contributed by atoms with E-state index in [9.17, 15) is 4.39 Å². The molecule has 0 spiro atoms. The van der Waals surface area contributed by atoms with Crippen LogP contribution in [0.4, 0.5) is 10.2 Å². The molecule has 1 heterocycles. The first-order chi connectivity index (χ1) is 10.7. The van der Waals surface area contributed by atoms with Crippen LogP contribution in [0.5, 0.6) is 0 Å². The van der Waals surface area contributed by atoms with Gasteiger partial charge in [0.15, 0.2) is 0 Å². The molecule has 0 unspecified atom stereocenters. The summed E-state index contributed by atoms with van der Waals surface area (Å²) < 4.78 is 13.1. The Morgan fingerprint density at radius 2 is 1.91 bits per heavy atom. The first kappa shape index (κ1) is 14.5. The van der Waals surface area contributed by atoms with Crippen molar-refractivity contribution in [2.45, 2.75) is 13.0 Å². The maximum absolute atomic E-state index is 13.1. The number of hydrogen-bond acceptors (Lipinski definition) is 3. The molecule has 0 aliphatic carbocycles. The summed E-state index contributed by atoms with van der Waals surface area (Å²) in [4.78, 5) is 4.28. The molecule has 0 amide bonds. The van der Waals surface area contributed by atoms with E-state index < -0.39 is 0 Å². The number of anilines is 1. The number of aromatic nitrogens is 1. The largest absolute Gasteiger partial charge is 0.384 e. The lowest BCUT2D eigenvalue weighted by molar-refractivity contribution is 0.622. The molecule has 3 rings (SSSR count). The van der Waals surface area contributed by atoms with E-state index in [0.29, 0.717) is 5.82 Å². The normalized spacial score (nSPS) is 11.0. The molecule has 112 valence electrons. The van der Waals surface area contributed by atoms with Crippen LogP contribution in [0.25, 0.3) is 10.9 Å². The number of nitrogens with two attached hydrogens (primary N) is 1. The van der Waals surface area contributed by atoms with E-state index in [1.165, 1.54) is 11.6 Å². The van der Waals surface area contributed by atoms with Crippen molar-refractivity contribution in [3.8, 4) is 0 Å². The standard InChI is InChI=1S/C18H18FN3/c19-16-3-1-2-13(11-16)8-9-21-12-14-4-6-17-15(10-14)5-7-18(20)22-17/h1-7,10-11,21H,8-9,12H2,(H2,20,22). The average molecular weight is 295 g/mol. The molecule has 0 aliphatic rings. The quantitative estimate of drug-likeness (QED) is 0.710. The molecule has 0 fully saturated rings. The first-order valence-electron chi connectivity index (χ1n) is 7.31. The zero-order valence-electron chi connectivity index (χ0n) is 12.2. The zero-order valence-corrected chi connectivity index (χ0v) is 12.2. The van der Waals surface area contributed by atoms with Crippen LogP contribution in [0.3, 0.4) is 0 Å². The van der Waals surface area contributed by atoms with E-state index in [1.807, 2.05) is 30.3 Å². The molecule has 0 atom stereocenters. The number of pyridine rings is 1. The number of fused-ring (bicyclic) bond motifs is 1. The van der Waals surface area contributed by atoms with Crippen LogP contribution in [0, 0.1) is 5.82 Å². The molecule has 3 N–H and O–H groups in total. The molecular weight excluding hydrogens is 277 g/mol. The van der Waals surface area contributed by atoms with Crippen LogP contribution >= 0.6 is 0 Å². The Bertz CT molecular complexity index is 786. The number of nitrogens with one attached hydrogen (secondary N) is 1. The van der Waals surface area contributed by atoms with Crippen LogP contribution in [-0.2, 0) is 13.0 Å². The van der Waals surface area contributed by atoms with Gasteiger partial charge in [-0.1, -0.05) is 18.2 Å². The van der Waals surface area contributed by atoms with Crippen molar-refractivity contribution in [1.29, 1.82) is 0 Å². The summed E-state index contributed by atoms with van der Waals surface area (Å²) in [6.45, 7) is 1.58. The van der Waals surface area contributed by atoms with Crippen LogP contribution in [0.2, 0.25) is 0 Å². The van der Waals surface area contributed by atoms with Crippen LogP contribution in [0.1, 0.15) is 11.1 Å². The van der Waals surface area contributed by atoms with Crippen molar-refractivity contribution in [1.82, 2.24) is 10.3 Å². The highest BCUT2D eigenvalue weighted by atomic mass is 19.1. The van der Waals surface area contributed by atoms with Gasteiger partial charge in [-0.25, -0.2) is 9.37 Å². The van der Waals surface area contributed by atoms with Crippen LogP contribution in [0.15, 0.2) is 54.6 Å². The topological polar surface area (TPSA) is 50.9 Å². The summed E-state index contributed by atoms with van der Waals surface area (Å²) in [6, 6.07) is 16.7. The number of nitrogens with zero attached hydrogens (tertiary/aromatic N) is 1. The number of nitrogen functional groups attached to an aromatic ring is 1. The maximum Gasteiger partial charge on any atom is 0.124 e. The summed E-state index contributed by atoms with van der Waals surface area (Å²) >= 11 is 0. The summed E-state index contributed by atoms with van der Waals surface area (Å²) in [7, 11) is 0. The SMILES string of the molecule is Nc1ccc2cc(CNCCc3cccc(F)c3)ccc2n1. The van der Waals surface area contributed by atoms with Crippen molar-refractivity contribution in [3.63, 3.8) is 0 Å². The van der Waals surface area contributed by atoms with Crippen LogP contribution < -0.4 is 11.1 Å². The van der Waals surface area contributed by atoms with Gasteiger partial charge in [0.1, 0.15) is 11.6 Å². The molecule has 3 nitrogen and oxygen atoms in total. The molecule has 0 saturated heterocycles. The summed E-state index contributed by atoms with van der Waals surface area (Å²) in [6.07, 6.45) is 0.809. The Morgan fingerprint density at radius 3 is 2.77 bits per heavy atom. The van der Waals surface area contributed by atoms with Gasteiger partial charge in [-0.2, -0.15) is 0 Å². The maximum atomic E-state index is 13.1. The summed E-state index contributed by atoms with van der Waals surface area (Å²) in [5.74, 6) is 0.354. The van der Waals surface area contributed by atoms with E-state index in [0.717, 1.165) is 36.0 Å². The Morgan fingerprint density at radius 1 is 1.00 bits per heavy atom. The third kappa shape index (κ3) is 3.59. The van der Waals surface area contributed by atoms with E-state index >= 15 is 0 Å². The minimum Gasteiger partial charge on any atom is -0.384 e. The Hall–Kier alpha value is -2.46. The van der Waals surface area contributed by atoms with Gasteiger partial charge < -0.3 is 11.1 Å². The van der Waals surface area contributed by atoms with E-state index in [2.05, 4.69) is 16.4 Å². The van der Waals surface area contributed by atoms with E-state index in [-0.39, 0.29) is 5.82 Å². The minimum absolute atomic E-state index is 0.182. The fourth-order valence-corrected chi connectivity index (χ4v) is 2.46. The van der Waals surface area contributed by atoms with Gasteiger partial charge in [0.25, 0.3) is 0 Å². The van der Waals surface area contributed by atoms with Gasteiger partial charge in [-0.15, -0.1) is 0 Å². The second kappa shape index (κ2) is 6.54. The van der Waals surface area contributed by atoms with Crippen molar-refractivity contribution in [2.24, 2.45) is 0 Å². The van der Waals surface area contributed by atoms with Crippen LogP contribution in [-0.4, -0.2) is 11.5 Å². The van der Waals surface area contributed by atoms with Crippen molar-refractivity contribution >= 4 is 16.7 Å². The van der Waals surface area contributed by atoms with Gasteiger partial charge in [0, 0.05) is 11.9 Å². The molecule has 1 aromatic heterocycles. The second-order valence-corrected chi connectivity index (χ2v) is 5.32. The fourth-order valence-electron chi connectivity index (χ4n) is 2.46. The summed E-state index contributed by atoms with van der Waals surface area (Å²) in [5, 5.41) is 4.46. The monoisotopic (exact) mass is 295 g/mol. The predicted octanol–water partition coefficient (Wildman–Crippen LogP) is 3.29. The summed E-state index contributed by atoms with van der Waals surface area (Å²) in [5.41, 5.74) is 8.78. The van der Waals surface area contributed by atoms with E-state index in [1.54, 1.807) is 12.1 Å². The molecular formula is C18H18FN3. The molecule has 0 radical (unpaired) electrons. The molecule has 0 saturated carbocycles.